The first-order valence-electron chi connectivity index (χ1n) is 9.42. The molecule has 0 amide bonds. The molecule has 4 nitrogen and oxygen atoms in total. The summed E-state index contributed by atoms with van der Waals surface area (Å²) in [6.07, 6.45) is 2.67. The van der Waals surface area contributed by atoms with Crippen LogP contribution in [0.1, 0.15) is 17.3 Å². The molecule has 0 saturated heterocycles. The van der Waals surface area contributed by atoms with Crippen LogP contribution in [0.2, 0.25) is 0 Å². The lowest BCUT2D eigenvalue weighted by molar-refractivity contribution is 0.112. The third-order valence-electron chi connectivity index (χ3n) is 5.25. The summed E-state index contributed by atoms with van der Waals surface area (Å²) >= 11 is 0. The number of rotatable bonds is 4. The van der Waals surface area contributed by atoms with Gasteiger partial charge in [0.15, 0.2) is 6.29 Å². The van der Waals surface area contributed by atoms with Gasteiger partial charge in [-0.05, 0) is 37.3 Å². The van der Waals surface area contributed by atoms with Crippen LogP contribution in [-0.4, -0.2) is 20.6 Å². The second kappa shape index (κ2) is 6.50. The predicted molar refractivity (Wildman–Crippen MR) is 113 cm³/mol. The first kappa shape index (κ1) is 16.5. The van der Waals surface area contributed by atoms with Gasteiger partial charge < -0.3 is 4.57 Å². The second-order valence-electron chi connectivity index (χ2n) is 6.82. The number of hydrogen-bond acceptors (Lipinski definition) is 2. The molecular weight excluding hydrogens is 346 g/mol. The van der Waals surface area contributed by atoms with E-state index in [0.29, 0.717) is 11.3 Å². The minimum absolute atomic E-state index is 0.586. The molecule has 0 spiro atoms. The lowest BCUT2D eigenvalue weighted by Crippen LogP contribution is -1.94. The second-order valence-corrected chi connectivity index (χ2v) is 6.82. The van der Waals surface area contributed by atoms with Crippen molar-refractivity contribution in [3.05, 3.63) is 84.6 Å². The molecule has 3 aromatic carbocycles. The monoisotopic (exact) mass is 365 g/mol. The number of carbonyl (C=O) groups excluding carboxylic acids is 1. The molecule has 0 unspecified atom stereocenters. The van der Waals surface area contributed by atoms with Crippen LogP contribution < -0.4 is 0 Å². The molecule has 28 heavy (non-hydrogen) atoms. The Morgan fingerprint density at radius 1 is 0.893 bits per heavy atom. The quantitative estimate of drug-likeness (QED) is 0.396. The van der Waals surface area contributed by atoms with E-state index in [2.05, 4.69) is 54.0 Å². The van der Waals surface area contributed by atoms with Gasteiger partial charge in [0.25, 0.3) is 0 Å². The maximum absolute atomic E-state index is 11.7. The Morgan fingerprint density at radius 2 is 1.64 bits per heavy atom. The largest absolute Gasteiger partial charge is 0.341 e. The van der Waals surface area contributed by atoms with Crippen molar-refractivity contribution < 1.29 is 4.79 Å². The van der Waals surface area contributed by atoms with Crippen LogP contribution >= 0.6 is 0 Å². The Hall–Kier alpha value is -3.66. The molecule has 0 bridgehead atoms. The zero-order valence-electron chi connectivity index (χ0n) is 15.5. The highest BCUT2D eigenvalue weighted by Gasteiger charge is 2.15. The van der Waals surface area contributed by atoms with E-state index in [-0.39, 0.29) is 0 Å². The van der Waals surface area contributed by atoms with Crippen LogP contribution in [0.5, 0.6) is 0 Å². The van der Waals surface area contributed by atoms with Gasteiger partial charge in [-0.25, -0.2) is 4.68 Å². The Kier molecular flexibility index (Phi) is 3.83. The van der Waals surface area contributed by atoms with Crippen LogP contribution in [0.4, 0.5) is 0 Å². The van der Waals surface area contributed by atoms with Gasteiger partial charge in [0.2, 0.25) is 0 Å². The van der Waals surface area contributed by atoms with Gasteiger partial charge in [-0.3, -0.25) is 4.79 Å². The van der Waals surface area contributed by atoms with Crippen molar-refractivity contribution in [3.8, 4) is 16.9 Å². The van der Waals surface area contributed by atoms with Gasteiger partial charge in [-0.15, -0.1) is 0 Å². The number of aldehydes is 1. The Labute approximate surface area is 162 Å². The summed E-state index contributed by atoms with van der Waals surface area (Å²) in [5.41, 5.74) is 5.59. The fourth-order valence-electron chi connectivity index (χ4n) is 3.95. The molecule has 2 heterocycles. The maximum atomic E-state index is 11.7. The van der Waals surface area contributed by atoms with E-state index in [1.807, 2.05) is 30.3 Å². The minimum Gasteiger partial charge on any atom is -0.341 e. The van der Waals surface area contributed by atoms with E-state index < -0.39 is 0 Å². The first-order valence-corrected chi connectivity index (χ1v) is 9.42. The normalized spacial score (nSPS) is 11.3. The number of fused-ring (bicyclic) bond motifs is 3. The minimum atomic E-state index is 0.586. The smallest absolute Gasteiger partial charge is 0.153 e. The summed E-state index contributed by atoms with van der Waals surface area (Å²) in [5, 5.41) is 7.11. The van der Waals surface area contributed by atoms with Gasteiger partial charge in [0.1, 0.15) is 5.69 Å². The number of para-hydroxylation sites is 2. The van der Waals surface area contributed by atoms with Crippen molar-refractivity contribution in [2.24, 2.45) is 0 Å². The summed E-state index contributed by atoms with van der Waals surface area (Å²) in [6.45, 7) is 3.07. The molecule has 2 aromatic heterocycles. The van der Waals surface area contributed by atoms with E-state index in [4.69, 9.17) is 5.10 Å². The Morgan fingerprint density at radius 3 is 2.43 bits per heavy atom. The first-order chi connectivity index (χ1) is 13.8. The van der Waals surface area contributed by atoms with Crippen molar-refractivity contribution in [1.82, 2.24) is 14.3 Å². The highest BCUT2D eigenvalue weighted by Crippen LogP contribution is 2.33. The molecule has 0 saturated carbocycles. The van der Waals surface area contributed by atoms with Crippen LogP contribution in [0.15, 0.2) is 79.0 Å². The topological polar surface area (TPSA) is 39.8 Å². The average molecular weight is 365 g/mol. The van der Waals surface area contributed by atoms with E-state index in [1.54, 1.807) is 10.9 Å². The summed E-state index contributed by atoms with van der Waals surface area (Å²) in [4.78, 5) is 11.7. The number of benzene rings is 3. The zero-order chi connectivity index (χ0) is 19.1. The highest BCUT2D eigenvalue weighted by molar-refractivity contribution is 6.09. The van der Waals surface area contributed by atoms with Crippen LogP contribution in [-0.2, 0) is 6.54 Å². The lowest BCUT2D eigenvalue weighted by Gasteiger charge is -2.04. The number of hydrogen-bond donors (Lipinski definition) is 0. The maximum Gasteiger partial charge on any atom is 0.153 e. The molecule has 0 atom stereocenters. The zero-order valence-corrected chi connectivity index (χ0v) is 15.5. The van der Waals surface area contributed by atoms with Crippen molar-refractivity contribution in [2.45, 2.75) is 13.5 Å². The van der Waals surface area contributed by atoms with Gasteiger partial charge in [-0.1, -0.05) is 42.5 Å². The summed E-state index contributed by atoms with van der Waals surface area (Å²) in [7, 11) is 0. The number of nitrogens with zero attached hydrogens (tertiary/aromatic N) is 3. The molecule has 0 aliphatic carbocycles. The van der Waals surface area contributed by atoms with Gasteiger partial charge in [0.05, 0.1) is 11.3 Å². The standard InChI is InChI=1S/C24H19N3O/c1-2-26-22-11-7-6-10-20(22)21-14-17(12-13-23(21)26)24-18(16-28)15-27(25-24)19-8-4-3-5-9-19/h3-16H,2H2,1H3. The molecule has 136 valence electrons. The number of aromatic nitrogens is 3. The van der Waals surface area contributed by atoms with Crippen molar-refractivity contribution in [1.29, 1.82) is 0 Å². The fraction of sp³-hybridized carbons (Fsp3) is 0.0833. The number of carbonyl (C=O) groups is 1. The lowest BCUT2D eigenvalue weighted by atomic mass is 10.1. The van der Waals surface area contributed by atoms with Crippen LogP contribution in [0, 0.1) is 0 Å². The Bertz CT molecular complexity index is 1310. The number of aryl methyl sites for hydroxylation is 1. The van der Waals surface area contributed by atoms with Crippen molar-refractivity contribution in [2.75, 3.05) is 0 Å². The van der Waals surface area contributed by atoms with Crippen LogP contribution in [0.25, 0.3) is 38.8 Å². The molecule has 0 radical (unpaired) electrons. The van der Waals surface area contributed by atoms with E-state index >= 15 is 0 Å². The summed E-state index contributed by atoms with van der Waals surface area (Å²) in [6, 6.07) is 24.6. The highest BCUT2D eigenvalue weighted by atomic mass is 16.1. The van der Waals surface area contributed by atoms with Gasteiger partial charge >= 0.3 is 0 Å². The molecule has 5 aromatic rings. The average Bonchev–Trinajstić information content (AvgIpc) is 3.33. The van der Waals surface area contributed by atoms with E-state index in [0.717, 1.165) is 24.1 Å². The summed E-state index contributed by atoms with van der Waals surface area (Å²) < 4.78 is 4.08. The SMILES string of the molecule is CCn1c2ccccc2c2cc(-c3nn(-c4ccccc4)cc3C=O)ccc21. The summed E-state index contributed by atoms with van der Waals surface area (Å²) in [5.74, 6) is 0. The molecule has 0 aliphatic rings. The molecule has 0 N–H and O–H groups in total. The van der Waals surface area contributed by atoms with Crippen molar-refractivity contribution in [3.63, 3.8) is 0 Å². The van der Waals surface area contributed by atoms with Crippen molar-refractivity contribution >= 4 is 28.1 Å². The molecule has 4 heteroatoms. The predicted octanol–water partition coefficient (Wildman–Crippen LogP) is 5.48. The van der Waals surface area contributed by atoms with Gasteiger partial charge in [-0.2, -0.15) is 5.10 Å². The third-order valence-corrected chi connectivity index (χ3v) is 5.25. The third kappa shape index (κ3) is 2.46. The fourth-order valence-corrected chi connectivity index (χ4v) is 3.95. The Balaban J connectivity index is 1.73. The molecule has 0 aliphatic heterocycles. The molecule has 5 rings (SSSR count). The van der Waals surface area contributed by atoms with Gasteiger partial charge in [0, 0.05) is 40.1 Å². The molecule has 0 fully saturated rings. The van der Waals surface area contributed by atoms with E-state index in [1.165, 1.54) is 21.8 Å². The van der Waals surface area contributed by atoms with Crippen LogP contribution in [0.3, 0.4) is 0 Å². The molecular formula is C24H19N3O. The van der Waals surface area contributed by atoms with E-state index in [9.17, 15) is 4.79 Å².